The van der Waals surface area contributed by atoms with Gasteiger partial charge in [-0.25, -0.2) is 13.1 Å². The van der Waals surface area contributed by atoms with Gasteiger partial charge in [-0.2, -0.15) is 0 Å². The van der Waals surface area contributed by atoms with Crippen LogP contribution < -0.4 is 4.72 Å². The third-order valence-electron chi connectivity index (χ3n) is 2.53. The van der Waals surface area contributed by atoms with Crippen molar-refractivity contribution < 1.29 is 28.2 Å². The van der Waals surface area contributed by atoms with E-state index in [-0.39, 0.29) is 19.4 Å². The molecule has 0 aromatic carbocycles. The Morgan fingerprint density at radius 2 is 1.83 bits per heavy atom. The number of aliphatic hydroxyl groups excluding tert-OH is 2. The predicted octanol–water partition coefficient (Wildman–Crippen LogP) is -1.01. The molecule has 0 radical (unpaired) electrons. The fourth-order valence-corrected chi connectivity index (χ4v) is 2.71. The van der Waals surface area contributed by atoms with E-state index in [0.717, 1.165) is 0 Å². The molecule has 0 atom stereocenters. The zero-order valence-corrected chi connectivity index (χ0v) is 11.5. The van der Waals surface area contributed by atoms with Crippen molar-refractivity contribution in [3.8, 4) is 0 Å². The van der Waals surface area contributed by atoms with E-state index in [1.165, 1.54) is 0 Å². The predicted molar refractivity (Wildman–Crippen MR) is 65.4 cm³/mol. The minimum atomic E-state index is -3.76. The Kier molecular flexibility index (Phi) is 7.37. The van der Waals surface area contributed by atoms with Gasteiger partial charge in [-0.1, -0.05) is 6.92 Å². The van der Waals surface area contributed by atoms with Crippen LogP contribution in [0.2, 0.25) is 0 Å². The molecule has 0 aromatic rings. The number of esters is 1. The molecule has 0 rings (SSSR count). The van der Waals surface area contributed by atoms with Crippen LogP contribution in [-0.4, -0.2) is 55.7 Å². The summed E-state index contributed by atoms with van der Waals surface area (Å²) in [7, 11) is -3.76. The molecule has 0 aliphatic carbocycles. The van der Waals surface area contributed by atoms with E-state index in [9.17, 15) is 13.2 Å². The molecule has 0 aliphatic heterocycles. The summed E-state index contributed by atoms with van der Waals surface area (Å²) in [5, 5.41) is 18.2. The van der Waals surface area contributed by atoms with Crippen LogP contribution in [0.4, 0.5) is 0 Å². The van der Waals surface area contributed by atoms with E-state index in [2.05, 4.69) is 9.46 Å². The maximum absolute atomic E-state index is 11.7. The van der Waals surface area contributed by atoms with Crippen LogP contribution >= 0.6 is 0 Å². The lowest BCUT2D eigenvalue weighted by Crippen LogP contribution is -2.54. The smallest absolute Gasteiger partial charge is 0.306 e. The molecule has 108 valence electrons. The molecule has 18 heavy (non-hydrogen) atoms. The van der Waals surface area contributed by atoms with Crippen LogP contribution in [0.15, 0.2) is 0 Å². The maximum atomic E-state index is 11.7. The standard InChI is InChI=1S/C10H21NO6S/c1-3-10(7-12,8-13)11-18(15,16)6-5-9(14)17-4-2/h11-13H,3-8H2,1-2H3. The molecular formula is C10H21NO6S. The van der Waals surface area contributed by atoms with Gasteiger partial charge < -0.3 is 14.9 Å². The number of carbonyl (C=O) groups excluding carboxylic acids is 1. The Hall–Kier alpha value is -0.700. The highest BCUT2D eigenvalue weighted by molar-refractivity contribution is 7.89. The van der Waals surface area contributed by atoms with Crippen LogP contribution in [0.1, 0.15) is 26.7 Å². The third kappa shape index (κ3) is 5.76. The third-order valence-corrected chi connectivity index (χ3v) is 4.02. The normalized spacial score (nSPS) is 12.4. The van der Waals surface area contributed by atoms with E-state index >= 15 is 0 Å². The van der Waals surface area contributed by atoms with Crippen LogP contribution in [0.3, 0.4) is 0 Å². The Bertz CT molecular complexity index is 341. The second-order valence-corrected chi connectivity index (χ2v) is 5.77. The van der Waals surface area contributed by atoms with Crippen molar-refractivity contribution in [3.63, 3.8) is 0 Å². The first-order valence-electron chi connectivity index (χ1n) is 5.73. The van der Waals surface area contributed by atoms with Crippen molar-refractivity contribution in [2.45, 2.75) is 32.2 Å². The number of ether oxygens (including phenoxy) is 1. The lowest BCUT2D eigenvalue weighted by Gasteiger charge is -2.29. The summed E-state index contributed by atoms with van der Waals surface area (Å²) >= 11 is 0. The summed E-state index contributed by atoms with van der Waals surface area (Å²) in [6.45, 7) is 2.43. The van der Waals surface area contributed by atoms with E-state index < -0.39 is 40.5 Å². The van der Waals surface area contributed by atoms with Crippen LogP contribution in [0.5, 0.6) is 0 Å². The summed E-state index contributed by atoms with van der Waals surface area (Å²) in [6.07, 6.45) is -0.0293. The lowest BCUT2D eigenvalue weighted by atomic mass is 10.0. The molecule has 0 spiro atoms. The summed E-state index contributed by atoms with van der Waals surface area (Å²) in [5.41, 5.74) is -1.28. The highest BCUT2D eigenvalue weighted by atomic mass is 32.2. The highest BCUT2D eigenvalue weighted by Crippen LogP contribution is 2.10. The maximum Gasteiger partial charge on any atom is 0.306 e. The number of aliphatic hydroxyl groups is 2. The molecule has 8 heteroatoms. The molecule has 0 saturated carbocycles. The van der Waals surface area contributed by atoms with Gasteiger partial charge in [-0.05, 0) is 13.3 Å². The number of carbonyl (C=O) groups is 1. The average Bonchev–Trinajstić information content (AvgIpc) is 2.34. The van der Waals surface area contributed by atoms with Gasteiger partial charge in [0.15, 0.2) is 0 Å². The van der Waals surface area contributed by atoms with Gasteiger partial charge >= 0.3 is 5.97 Å². The summed E-state index contributed by atoms with van der Waals surface area (Å²) in [6, 6.07) is 0. The lowest BCUT2D eigenvalue weighted by molar-refractivity contribution is -0.142. The monoisotopic (exact) mass is 283 g/mol. The topological polar surface area (TPSA) is 113 Å². The van der Waals surface area contributed by atoms with Crippen LogP contribution in [-0.2, 0) is 19.6 Å². The number of hydrogen-bond donors (Lipinski definition) is 3. The number of hydrogen-bond acceptors (Lipinski definition) is 6. The van der Waals surface area contributed by atoms with E-state index in [1.54, 1.807) is 13.8 Å². The molecule has 0 bridgehead atoms. The zero-order chi connectivity index (χ0) is 14.2. The SMILES string of the molecule is CCOC(=O)CCS(=O)(=O)NC(CC)(CO)CO. The average molecular weight is 283 g/mol. The first-order valence-corrected chi connectivity index (χ1v) is 7.39. The summed E-state index contributed by atoms with van der Waals surface area (Å²) in [5.74, 6) is -1.04. The van der Waals surface area contributed by atoms with E-state index in [1.807, 2.05) is 0 Å². The van der Waals surface area contributed by atoms with Crippen molar-refractivity contribution in [1.82, 2.24) is 4.72 Å². The van der Waals surface area contributed by atoms with E-state index in [0.29, 0.717) is 0 Å². The molecule has 3 N–H and O–H groups in total. The minimum absolute atomic E-state index is 0.193. The van der Waals surface area contributed by atoms with Crippen molar-refractivity contribution in [1.29, 1.82) is 0 Å². The highest BCUT2D eigenvalue weighted by Gasteiger charge is 2.31. The quantitative estimate of drug-likeness (QED) is 0.467. The summed E-state index contributed by atoms with van der Waals surface area (Å²) in [4.78, 5) is 11.1. The van der Waals surface area contributed by atoms with Crippen molar-refractivity contribution in [3.05, 3.63) is 0 Å². The van der Waals surface area contributed by atoms with Gasteiger partial charge in [-0.15, -0.1) is 0 Å². The second-order valence-electron chi connectivity index (χ2n) is 3.93. The van der Waals surface area contributed by atoms with Crippen molar-refractivity contribution >= 4 is 16.0 Å². The number of nitrogens with one attached hydrogen (secondary N) is 1. The Balaban J connectivity index is 4.51. The van der Waals surface area contributed by atoms with Crippen LogP contribution in [0.25, 0.3) is 0 Å². The van der Waals surface area contributed by atoms with E-state index in [4.69, 9.17) is 10.2 Å². The molecule has 0 unspecified atom stereocenters. The molecule has 0 heterocycles. The Labute approximate surface area is 107 Å². The fraction of sp³-hybridized carbons (Fsp3) is 0.900. The van der Waals surface area contributed by atoms with Gasteiger partial charge in [0, 0.05) is 0 Å². The Morgan fingerprint density at radius 1 is 1.28 bits per heavy atom. The van der Waals surface area contributed by atoms with Gasteiger partial charge in [0.1, 0.15) is 0 Å². The first kappa shape index (κ1) is 17.3. The number of sulfonamides is 1. The molecular weight excluding hydrogens is 262 g/mol. The molecule has 0 aromatic heterocycles. The van der Waals surface area contributed by atoms with Gasteiger partial charge in [0.2, 0.25) is 10.0 Å². The molecule has 0 aliphatic rings. The Morgan fingerprint density at radius 3 is 2.22 bits per heavy atom. The minimum Gasteiger partial charge on any atom is -0.466 e. The molecule has 0 saturated heterocycles. The molecule has 0 amide bonds. The van der Waals surface area contributed by atoms with Crippen molar-refractivity contribution in [2.24, 2.45) is 0 Å². The van der Waals surface area contributed by atoms with Crippen LogP contribution in [0, 0.1) is 0 Å². The number of rotatable bonds is 9. The first-order chi connectivity index (χ1) is 8.34. The van der Waals surface area contributed by atoms with Crippen molar-refractivity contribution in [2.75, 3.05) is 25.6 Å². The molecule has 7 nitrogen and oxygen atoms in total. The summed E-state index contributed by atoms with van der Waals surface area (Å²) < 4.78 is 30.2. The second kappa shape index (κ2) is 7.67. The van der Waals surface area contributed by atoms with Gasteiger partial charge in [-0.3, -0.25) is 4.79 Å². The molecule has 0 fully saturated rings. The van der Waals surface area contributed by atoms with Gasteiger partial charge in [0.25, 0.3) is 0 Å². The zero-order valence-electron chi connectivity index (χ0n) is 10.7. The fourth-order valence-electron chi connectivity index (χ4n) is 1.24. The largest absolute Gasteiger partial charge is 0.466 e. The van der Waals surface area contributed by atoms with Gasteiger partial charge in [0.05, 0.1) is 37.5 Å².